The van der Waals surface area contributed by atoms with Gasteiger partial charge >= 0.3 is 6.09 Å². The second kappa shape index (κ2) is 9.68. The van der Waals surface area contributed by atoms with Gasteiger partial charge in [-0.25, -0.2) is 4.79 Å². The SMILES string of the molecule is CC1(C)OCC(CCc2ccc(OCCC3=CCC4CC3C4(C)C)cc2)(N(C(=O)O)C(C)(C)C)CO1. The van der Waals surface area contributed by atoms with E-state index < -0.39 is 23.0 Å². The molecule has 5 rings (SSSR count). The van der Waals surface area contributed by atoms with Crippen molar-refractivity contribution in [3.8, 4) is 5.75 Å². The average Bonchev–Trinajstić information content (AvgIpc) is 2.79. The van der Waals surface area contributed by atoms with Gasteiger partial charge in [-0.05, 0) is 95.2 Å². The molecule has 1 heterocycles. The van der Waals surface area contributed by atoms with E-state index in [0.717, 1.165) is 36.0 Å². The van der Waals surface area contributed by atoms with Crippen LogP contribution in [0.5, 0.6) is 5.75 Å². The molecule has 1 N–H and O–H groups in total. The number of rotatable bonds is 8. The molecular formula is C30H45NO5. The van der Waals surface area contributed by atoms with Crippen LogP contribution in [0.4, 0.5) is 4.79 Å². The van der Waals surface area contributed by atoms with E-state index in [1.807, 2.05) is 46.8 Å². The molecule has 200 valence electrons. The highest BCUT2D eigenvalue weighted by Gasteiger charge is 2.51. The fraction of sp³-hybridized carbons (Fsp3) is 0.700. The summed E-state index contributed by atoms with van der Waals surface area (Å²) in [4.78, 5) is 13.9. The quantitative estimate of drug-likeness (QED) is 0.404. The van der Waals surface area contributed by atoms with E-state index in [1.165, 1.54) is 17.7 Å². The lowest BCUT2D eigenvalue weighted by atomic mass is 9.48. The monoisotopic (exact) mass is 499 g/mol. The number of ether oxygens (including phenoxy) is 3. The zero-order valence-electron chi connectivity index (χ0n) is 23.2. The molecule has 0 aromatic heterocycles. The molecular weight excluding hydrogens is 454 g/mol. The summed E-state index contributed by atoms with van der Waals surface area (Å²) in [6.07, 6.45) is 6.39. The molecule has 6 nitrogen and oxygen atoms in total. The molecule has 36 heavy (non-hydrogen) atoms. The second-order valence-electron chi connectivity index (χ2n) is 13.1. The fourth-order valence-electron chi connectivity index (χ4n) is 6.46. The van der Waals surface area contributed by atoms with E-state index in [-0.39, 0.29) is 0 Å². The second-order valence-corrected chi connectivity index (χ2v) is 13.1. The Balaban J connectivity index is 1.35. The largest absolute Gasteiger partial charge is 0.493 e. The zero-order valence-corrected chi connectivity index (χ0v) is 23.2. The highest BCUT2D eigenvalue weighted by atomic mass is 16.7. The van der Waals surface area contributed by atoms with Crippen LogP contribution in [0, 0.1) is 17.3 Å². The Labute approximate surface area is 217 Å². The minimum absolute atomic E-state index is 0.305. The number of benzene rings is 1. The summed E-state index contributed by atoms with van der Waals surface area (Å²) >= 11 is 0. The first-order chi connectivity index (χ1) is 16.7. The van der Waals surface area contributed by atoms with Crippen LogP contribution in [0.15, 0.2) is 35.9 Å². The van der Waals surface area contributed by atoms with Crippen LogP contribution in [0.25, 0.3) is 0 Å². The Kier molecular flexibility index (Phi) is 7.26. The van der Waals surface area contributed by atoms with Crippen molar-refractivity contribution in [1.29, 1.82) is 0 Å². The molecule has 1 aromatic carbocycles. The van der Waals surface area contributed by atoms with Gasteiger partial charge in [0.15, 0.2) is 5.79 Å². The third-order valence-electron chi connectivity index (χ3n) is 8.76. The van der Waals surface area contributed by atoms with Gasteiger partial charge in [-0.2, -0.15) is 0 Å². The maximum absolute atomic E-state index is 12.3. The number of hydrogen-bond donors (Lipinski definition) is 1. The van der Waals surface area contributed by atoms with Gasteiger partial charge in [-0.3, -0.25) is 4.90 Å². The van der Waals surface area contributed by atoms with Crippen molar-refractivity contribution >= 4 is 6.09 Å². The minimum Gasteiger partial charge on any atom is -0.493 e. The smallest absolute Gasteiger partial charge is 0.408 e. The number of carboxylic acid groups (broad SMARTS) is 1. The predicted molar refractivity (Wildman–Crippen MR) is 141 cm³/mol. The van der Waals surface area contributed by atoms with E-state index in [2.05, 4.69) is 32.1 Å². The topological polar surface area (TPSA) is 68.2 Å². The molecule has 1 amide bonds. The maximum atomic E-state index is 12.3. The number of hydrogen-bond acceptors (Lipinski definition) is 4. The Bertz CT molecular complexity index is 962. The number of allylic oxidation sites excluding steroid dienone is 1. The number of amides is 1. The lowest BCUT2D eigenvalue weighted by molar-refractivity contribution is -0.289. The Morgan fingerprint density at radius 1 is 1.08 bits per heavy atom. The Morgan fingerprint density at radius 3 is 2.25 bits per heavy atom. The molecule has 2 unspecified atom stereocenters. The van der Waals surface area contributed by atoms with Crippen LogP contribution in [-0.4, -0.2) is 52.8 Å². The molecule has 1 saturated carbocycles. The van der Waals surface area contributed by atoms with Gasteiger partial charge < -0.3 is 19.3 Å². The molecule has 2 atom stereocenters. The van der Waals surface area contributed by atoms with Crippen molar-refractivity contribution < 1.29 is 24.1 Å². The van der Waals surface area contributed by atoms with Gasteiger partial charge in [-0.1, -0.05) is 37.6 Å². The molecule has 1 aliphatic heterocycles. The predicted octanol–water partition coefficient (Wildman–Crippen LogP) is 6.68. The molecule has 0 spiro atoms. The lowest BCUT2D eigenvalue weighted by Gasteiger charge is -2.56. The fourth-order valence-corrected chi connectivity index (χ4v) is 6.46. The summed E-state index contributed by atoms with van der Waals surface area (Å²) in [5.41, 5.74) is 1.84. The molecule has 4 aliphatic rings. The maximum Gasteiger partial charge on any atom is 0.408 e. The molecule has 2 bridgehead atoms. The Morgan fingerprint density at radius 2 is 1.72 bits per heavy atom. The lowest BCUT2D eigenvalue weighted by Crippen LogP contribution is -2.67. The van der Waals surface area contributed by atoms with E-state index in [9.17, 15) is 9.90 Å². The number of aryl methyl sites for hydroxylation is 1. The van der Waals surface area contributed by atoms with E-state index in [0.29, 0.717) is 31.7 Å². The molecule has 1 aromatic rings. The van der Waals surface area contributed by atoms with Crippen molar-refractivity contribution in [3.63, 3.8) is 0 Å². The normalized spacial score (nSPS) is 25.9. The highest BCUT2D eigenvalue weighted by molar-refractivity contribution is 5.67. The standard InChI is InChI=1S/C30H45NO5/c1-27(2,3)31(26(32)33)30(19-35-29(6,7)36-20-30)16-14-21-8-12-24(13-9-21)34-17-15-22-10-11-23-18-25(22)28(23,4)5/h8-10,12-13,23,25H,11,14-20H2,1-7H3,(H,32,33). The summed E-state index contributed by atoms with van der Waals surface area (Å²) in [7, 11) is 0. The third kappa shape index (κ3) is 5.45. The molecule has 2 fully saturated rings. The van der Waals surface area contributed by atoms with E-state index >= 15 is 0 Å². The average molecular weight is 500 g/mol. The molecule has 3 aliphatic carbocycles. The number of carbonyl (C=O) groups is 1. The first kappa shape index (κ1) is 27.0. The van der Waals surface area contributed by atoms with Crippen molar-refractivity contribution in [2.45, 2.75) is 97.4 Å². The molecule has 1 saturated heterocycles. The van der Waals surface area contributed by atoms with Crippen molar-refractivity contribution in [2.75, 3.05) is 19.8 Å². The highest BCUT2D eigenvalue weighted by Crippen LogP contribution is 2.59. The summed E-state index contributed by atoms with van der Waals surface area (Å²) < 4.78 is 18.0. The van der Waals surface area contributed by atoms with Crippen LogP contribution in [0.3, 0.4) is 0 Å². The van der Waals surface area contributed by atoms with E-state index in [1.54, 1.807) is 5.57 Å². The van der Waals surface area contributed by atoms with Gasteiger partial charge in [0.2, 0.25) is 0 Å². The minimum atomic E-state index is -0.952. The third-order valence-corrected chi connectivity index (χ3v) is 8.76. The first-order valence-corrected chi connectivity index (χ1v) is 13.5. The molecule has 6 heteroatoms. The van der Waals surface area contributed by atoms with Gasteiger partial charge in [0.25, 0.3) is 0 Å². The number of nitrogens with zero attached hydrogens (tertiary/aromatic N) is 1. The Hall–Kier alpha value is -2.05. The van der Waals surface area contributed by atoms with Crippen molar-refractivity contribution in [3.05, 3.63) is 41.5 Å². The van der Waals surface area contributed by atoms with Gasteiger partial charge in [0.1, 0.15) is 5.75 Å². The van der Waals surface area contributed by atoms with Gasteiger partial charge in [0.05, 0.1) is 25.4 Å². The summed E-state index contributed by atoms with van der Waals surface area (Å²) in [6, 6.07) is 8.21. The molecule has 0 radical (unpaired) electrons. The van der Waals surface area contributed by atoms with Gasteiger partial charge in [-0.15, -0.1) is 0 Å². The number of fused-ring (bicyclic) bond motifs is 1. The van der Waals surface area contributed by atoms with Gasteiger partial charge in [0, 0.05) is 12.0 Å². The summed E-state index contributed by atoms with van der Waals surface area (Å²) in [5.74, 6) is 1.76. The van der Waals surface area contributed by atoms with E-state index in [4.69, 9.17) is 14.2 Å². The van der Waals surface area contributed by atoms with Crippen LogP contribution < -0.4 is 4.74 Å². The van der Waals surface area contributed by atoms with Crippen LogP contribution in [0.2, 0.25) is 0 Å². The van der Waals surface area contributed by atoms with Crippen LogP contribution in [0.1, 0.15) is 79.7 Å². The van der Waals surface area contributed by atoms with Crippen LogP contribution >= 0.6 is 0 Å². The summed E-state index contributed by atoms with van der Waals surface area (Å²) in [6.45, 7) is 15.6. The first-order valence-electron chi connectivity index (χ1n) is 13.5. The van der Waals surface area contributed by atoms with Crippen LogP contribution in [-0.2, 0) is 15.9 Å². The van der Waals surface area contributed by atoms with Crippen molar-refractivity contribution in [1.82, 2.24) is 4.90 Å². The van der Waals surface area contributed by atoms with Crippen molar-refractivity contribution in [2.24, 2.45) is 17.3 Å². The zero-order chi connectivity index (χ0) is 26.4. The summed E-state index contributed by atoms with van der Waals surface area (Å²) in [5, 5.41) is 10.1.